The minimum absolute atomic E-state index is 0.119. The Kier molecular flexibility index (Phi) is 14.3. The summed E-state index contributed by atoms with van der Waals surface area (Å²) in [6.07, 6.45) is 6.60. The van der Waals surface area contributed by atoms with Crippen LogP contribution in [0.3, 0.4) is 0 Å². The van der Waals surface area contributed by atoms with Crippen LogP contribution in [0, 0.1) is 0 Å². The maximum absolute atomic E-state index is 13.0. The number of hydrogen-bond acceptors (Lipinski definition) is 16. The molecule has 2 atom stereocenters. The van der Waals surface area contributed by atoms with Gasteiger partial charge in [-0.25, -0.2) is 39.1 Å². The predicted octanol–water partition coefficient (Wildman–Crippen LogP) is 4.31. The van der Waals surface area contributed by atoms with Gasteiger partial charge in [-0.1, -0.05) is 37.4 Å². The molecule has 54 heavy (non-hydrogen) atoms. The van der Waals surface area contributed by atoms with Crippen LogP contribution in [0.25, 0.3) is 22.8 Å². The largest absolute Gasteiger partial charge is 0.490 e. The van der Waals surface area contributed by atoms with E-state index in [4.69, 9.17) is 37.9 Å². The van der Waals surface area contributed by atoms with Crippen molar-refractivity contribution in [2.75, 3.05) is 39.6 Å². The molecular weight excluding hydrogens is 704 g/mol. The van der Waals surface area contributed by atoms with Gasteiger partial charge in [-0.05, 0) is 24.3 Å². The van der Waals surface area contributed by atoms with Gasteiger partial charge in [-0.2, -0.15) is 0 Å². The fraction of sp³-hybridized carbons (Fsp3) is 0.263. The molecule has 2 aromatic carbocycles. The number of carbonyl (C=O) groups excluding carboxylic acids is 4. The summed E-state index contributed by atoms with van der Waals surface area (Å²) < 4.78 is 43.1. The molecule has 0 N–H and O–H groups in total. The molecule has 3 heterocycles. The van der Waals surface area contributed by atoms with E-state index in [1.807, 2.05) is 0 Å². The zero-order chi connectivity index (χ0) is 38.1. The molecule has 0 unspecified atom stereocenters. The molecular formula is C38H36N4O12. The number of rotatable bonds is 18. The van der Waals surface area contributed by atoms with Gasteiger partial charge in [-0.15, -0.1) is 0 Å². The number of ether oxygens (including phenoxy) is 8. The van der Waals surface area contributed by atoms with E-state index in [9.17, 15) is 19.2 Å². The summed E-state index contributed by atoms with van der Waals surface area (Å²) in [7, 11) is 0. The van der Waals surface area contributed by atoms with Crippen LogP contribution in [0.5, 0.6) is 11.5 Å². The molecule has 2 aromatic heterocycles. The highest BCUT2D eigenvalue weighted by atomic mass is 16.8. The lowest BCUT2D eigenvalue weighted by atomic mass is 10.1. The molecule has 5 rings (SSSR count). The summed E-state index contributed by atoms with van der Waals surface area (Å²) in [5.74, 6) is -0.744. The van der Waals surface area contributed by atoms with E-state index >= 15 is 0 Å². The fourth-order valence-corrected chi connectivity index (χ4v) is 4.56. The molecule has 280 valence electrons. The highest BCUT2D eigenvalue weighted by Gasteiger charge is 2.34. The Morgan fingerprint density at radius 2 is 0.963 bits per heavy atom. The normalized spacial score (nSPS) is 14.9. The maximum Gasteiger partial charge on any atom is 0.340 e. The molecule has 0 saturated carbocycles. The van der Waals surface area contributed by atoms with E-state index in [0.717, 1.165) is 12.2 Å². The van der Waals surface area contributed by atoms with Gasteiger partial charge in [0.25, 0.3) is 12.6 Å². The van der Waals surface area contributed by atoms with E-state index < -0.39 is 36.5 Å². The first-order valence-electron chi connectivity index (χ1n) is 16.7. The summed E-state index contributed by atoms with van der Waals surface area (Å²) >= 11 is 0. The molecule has 1 fully saturated rings. The van der Waals surface area contributed by atoms with Gasteiger partial charge in [0.1, 0.15) is 0 Å². The molecule has 16 heteroatoms. The molecule has 0 spiro atoms. The molecule has 16 nitrogen and oxygen atoms in total. The third-order valence-corrected chi connectivity index (χ3v) is 7.27. The van der Waals surface area contributed by atoms with Crippen LogP contribution in [0.2, 0.25) is 0 Å². The van der Waals surface area contributed by atoms with Crippen molar-refractivity contribution in [2.45, 2.75) is 25.4 Å². The third-order valence-electron chi connectivity index (χ3n) is 7.27. The molecule has 0 radical (unpaired) electrons. The van der Waals surface area contributed by atoms with Crippen LogP contribution >= 0.6 is 0 Å². The fourth-order valence-electron chi connectivity index (χ4n) is 4.56. The number of hydrogen-bond donors (Lipinski definition) is 0. The van der Waals surface area contributed by atoms with Crippen molar-refractivity contribution in [1.82, 2.24) is 19.9 Å². The van der Waals surface area contributed by atoms with Gasteiger partial charge in [0.15, 0.2) is 23.1 Å². The SMILES string of the molecule is C=CC(=O)OCCCOc1cnc(-c2ccc(C(=O)O[C@@H]3OCCO[C@H]3OC(=O)c3ccc(-c4ncc(OCCCOC(=O)C=C)cn4)cc3)cc2)nc1. The van der Waals surface area contributed by atoms with Gasteiger partial charge in [0.2, 0.25) is 0 Å². The lowest BCUT2D eigenvalue weighted by molar-refractivity contribution is -0.288. The highest BCUT2D eigenvalue weighted by molar-refractivity contribution is 5.91. The van der Waals surface area contributed by atoms with Crippen molar-refractivity contribution in [3.8, 4) is 34.3 Å². The number of esters is 4. The zero-order valence-corrected chi connectivity index (χ0v) is 29.0. The second kappa shape index (κ2) is 19.9. The first-order valence-corrected chi connectivity index (χ1v) is 16.7. The Balaban J connectivity index is 1.08. The zero-order valence-electron chi connectivity index (χ0n) is 29.0. The van der Waals surface area contributed by atoms with Crippen molar-refractivity contribution < 1.29 is 57.1 Å². The Morgan fingerprint density at radius 1 is 0.593 bits per heavy atom. The first-order chi connectivity index (χ1) is 26.3. The van der Waals surface area contributed by atoms with Crippen molar-refractivity contribution in [1.29, 1.82) is 0 Å². The Bertz CT molecular complexity index is 1750. The van der Waals surface area contributed by atoms with Gasteiger partial charge in [-0.3, -0.25) is 0 Å². The van der Waals surface area contributed by atoms with E-state index in [2.05, 4.69) is 33.1 Å². The smallest absolute Gasteiger partial charge is 0.340 e. The predicted molar refractivity (Wildman–Crippen MR) is 188 cm³/mol. The standard InChI is InChI=1S/C38H36N4O12/c1-3-31(43)49-17-5-15-47-29-21-39-33(40-22-29)25-7-11-27(12-8-25)35(45)53-37-38(52-20-19-51-37)54-36(46)28-13-9-26(10-14-28)34-41-23-30(24-42-34)48-16-6-18-50-32(44)4-2/h3-4,7-14,21-24,37-38H,1-2,5-6,15-20H2/t37-,38-/m0/s1. The average Bonchev–Trinajstić information content (AvgIpc) is 3.21. The second-order valence-electron chi connectivity index (χ2n) is 11.1. The van der Waals surface area contributed by atoms with Gasteiger partial charge in [0.05, 0.1) is 75.6 Å². The molecule has 0 aliphatic carbocycles. The summed E-state index contributed by atoms with van der Waals surface area (Å²) in [6.45, 7) is 7.92. The monoisotopic (exact) mass is 740 g/mol. The molecule has 0 bridgehead atoms. The lowest BCUT2D eigenvalue weighted by Gasteiger charge is -2.30. The third kappa shape index (κ3) is 11.5. The van der Waals surface area contributed by atoms with Crippen LogP contribution in [-0.2, 0) is 38.0 Å². The summed E-state index contributed by atoms with van der Waals surface area (Å²) in [6, 6.07) is 12.8. The summed E-state index contributed by atoms with van der Waals surface area (Å²) in [5.41, 5.74) is 1.69. The minimum atomic E-state index is -1.31. The van der Waals surface area contributed by atoms with Crippen LogP contribution in [-0.4, -0.2) is 96.0 Å². The second-order valence-corrected chi connectivity index (χ2v) is 11.1. The van der Waals surface area contributed by atoms with E-state index in [1.54, 1.807) is 48.5 Å². The molecule has 0 amide bonds. The topological polar surface area (TPSA) is 194 Å². The number of benzene rings is 2. The molecule has 1 saturated heterocycles. The van der Waals surface area contributed by atoms with Crippen molar-refractivity contribution in [3.05, 3.63) is 110 Å². The molecule has 1 aliphatic heterocycles. The van der Waals surface area contributed by atoms with E-state index in [1.165, 1.54) is 24.8 Å². The average molecular weight is 741 g/mol. The van der Waals surface area contributed by atoms with Crippen LogP contribution in [0.4, 0.5) is 0 Å². The van der Waals surface area contributed by atoms with Gasteiger partial charge in [0, 0.05) is 36.1 Å². The Labute approximate surface area is 309 Å². The van der Waals surface area contributed by atoms with Crippen LogP contribution < -0.4 is 9.47 Å². The number of nitrogens with zero attached hydrogens (tertiary/aromatic N) is 4. The minimum Gasteiger partial charge on any atom is -0.490 e. The van der Waals surface area contributed by atoms with Crippen molar-refractivity contribution >= 4 is 23.9 Å². The van der Waals surface area contributed by atoms with Crippen LogP contribution in [0.1, 0.15) is 33.6 Å². The Hall–Kier alpha value is -6.52. The number of aromatic nitrogens is 4. The van der Waals surface area contributed by atoms with Gasteiger partial charge < -0.3 is 37.9 Å². The highest BCUT2D eigenvalue weighted by Crippen LogP contribution is 2.22. The summed E-state index contributed by atoms with van der Waals surface area (Å²) in [5, 5.41) is 0. The number of carbonyl (C=O) groups is 4. The van der Waals surface area contributed by atoms with E-state index in [0.29, 0.717) is 60.3 Å². The van der Waals surface area contributed by atoms with E-state index in [-0.39, 0.29) is 37.6 Å². The lowest BCUT2D eigenvalue weighted by Crippen LogP contribution is -2.44. The van der Waals surface area contributed by atoms with Crippen LogP contribution in [0.15, 0.2) is 98.6 Å². The van der Waals surface area contributed by atoms with Gasteiger partial charge >= 0.3 is 23.9 Å². The first kappa shape index (κ1) is 38.7. The quantitative estimate of drug-likeness (QED) is 0.0606. The molecule has 4 aromatic rings. The molecule has 1 aliphatic rings. The van der Waals surface area contributed by atoms with Crippen molar-refractivity contribution in [3.63, 3.8) is 0 Å². The van der Waals surface area contributed by atoms with Crippen molar-refractivity contribution in [2.24, 2.45) is 0 Å². The Morgan fingerprint density at radius 3 is 1.31 bits per heavy atom. The maximum atomic E-state index is 13.0. The summed E-state index contributed by atoms with van der Waals surface area (Å²) in [4.78, 5) is 65.4.